The average Bonchev–Trinajstić information content (AvgIpc) is 2.90. The van der Waals surface area contributed by atoms with Crippen molar-refractivity contribution in [1.29, 1.82) is 0 Å². The molecule has 0 aliphatic carbocycles. The molecular weight excluding hydrogens is 264 g/mol. The lowest BCUT2D eigenvalue weighted by molar-refractivity contribution is 0.593. The van der Waals surface area contributed by atoms with E-state index in [-0.39, 0.29) is 11.6 Å². The second kappa shape index (κ2) is 4.29. The summed E-state index contributed by atoms with van der Waals surface area (Å²) in [6.45, 7) is 1.94. The zero-order valence-electron chi connectivity index (χ0n) is 11.1. The van der Waals surface area contributed by atoms with Gasteiger partial charge < -0.3 is 5.73 Å². The van der Waals surface area contributed by atoms with Crippen LogP contribution in [0.25, 0.3) is 16.9 Å². The van der Waals surface area contributed by atoms with E-state index < -0.39 is 11.6 Å². The summed E-state index contributed by atoms with van der Waals surface area (Å²) in [6, 6.07) is 3.21. The van der Waals surface area contributed by atoms with Gasteiger partial charge in [0.05, 0.1) is 11.4 Å². The molecule has 0 aliphatic heterocycles. The van der Waals surface area contributed by atoms with Gasteiger partial charge in [0.15, 0.2) is 5.65 Å². The molecule has 2 N–H and O–H groups in total. The lowest BCUT2D eigenvalue weighted by atomic mass is 10.3. The molecule has 0 radical (unpaired) electrons. The Labute approximate surface area is 113 Å². The number of benzene rings is 1. The number of aromatic nitrogens is 4. The normalized spacial score (nSPS) is 11.4. The van der Waals surface area contributed by atoms with Crippen molar-refractivity contribution < 1.29 is 8.78 Å². The van der Waals surface area contributed by atoms with Crippen molar-refractivity contribution in [2.75, 3.05) is 5.73 Å². The third kappa shape index (κ3) is 1.66. The van der Waals surface area contributed by atoms with Crippen LogP contribution in [-0.2, 0) is 13.5 Å². The first kappa shape index (κ1) is 12.6. The Morgan fingerprint density at radius 3 is 2.75 bits per heavy atom. The highest BCUT2D eigenvalue weighted by Gasteiger charge is 2.20. The molecule has 0 amide bonds. The molecule has 0 unspecified atom stereocenters. The van der Waals surface area contributed by atoms with Gasteiger partial charge in [-0.25, -0.2) is 18.4 Å². The molecule has 0 saturated heterocycles. The smallest absolute Gasteiger partial charge is 0.207 e. The molecule has 104 valence electrons. The monoisotopic (exact) mass is 277 g/mol. The second-order valence-electron chi connectivity index (χ2n) is 4.50. The van der Waals surface area contributed by atoms with Crippen LogP contribution in [0.2, 0.25) is 0 Å². The maximum absolute atomic E-state index is 14.0. The van der Waals surface area contributed by atoms with Crippen LogP contribution >= 0.6 is 0 Å². The molecule has 0 spiro atoms. The van der Waals surface area contributed by atoms with Crippen LogP contribution < -0.4 is 5.73 Å². The lowest BCUT2D eigenvalue weighted by Crippen LogP contribution is -2.07. The number of rotatable bonds is 2. The topological polar surface area (TPSA) is 61.7 Å². The van der Waals surface area contributed by atoms with Gasteiger partial charge in [-0.3, -0.25) is 4.57 Å². The number of hydrogen-bond donors (Lipinski definition) is 1. The van der Waals surface area contributed by atoms with Crippen molar-refractivity contribution in [3.8, 4) is 5.69 Å². The molecule has 3 rings (SSSR count). The lowest BCUT2D eigenvalue weighted by Gasteiger charge is -2.08. The molecule has 2 heterocycles. The number of aryl methyl sites for hydroxylation is 2. The van der Waals surface area contributed by atoms with Gasteiger partial charge in [-0.15, -0.1) is 0 Å². The number of halogens is 2. The van der Waals surface area contributed by atoms with Crippen molar-refractivity contribution in [3.63, 3.8) is 0 Å². The highest BCUT2D eigenvalue weighted by molar-refractivity contribution is 5.80. The standard InChI is InChI=1S/C13H13F2N5/c1-3-9-11-12(19(2)18-9)20(13(16)17-11)10-6-7(14)4-5-8(10)15/h4-6H,3H2,1-2H3,(H2,16,17). The zero-order chi connectivity index (χ0) is 14.4. The molecule has 3 aromatic rings. The molecule has 0 aliphatic rings. The largest absolute Gasteiger partial charge is 0.369 e. The molecule has 2 aromatic heterocycles. The molecule has 20 heavy (non-hydrogen) atoms. The fraction of sp³-hybridized carbons (Fsp3) is 0.231. The van der Waals surface area contributed by atoms with Crippen LogP contribution in [0.1, 0.15) is 12.6 Å². The number of nitrogens with two attached hydrogens (primary N) is 1. The number of hydrogen-bond acceptors (Lipinski definition) is 3. The van der Waals surface area contributed by atoms with Crippen molar-refractivity contribution in [2.45, 2.75) is 13.3 Å². The summed E-state index contributed by atoms with van der Waals surface area (Å²) in [7, 11) is 1.72. The highest BCUT2D eigenvalue weighted by atomic mass is 19.1. The van der Waals surface area contributed by atoms with Gasteiger partial charge in [0.1, 0.15) is 17.2 Å². The maximum Gasteiger partial charge on any atom is 0.207 e. The van der Waals surface area contributed by atoms with Crippen LogP contribution in [0.3, 0.4) is 0 Å². The van der Waals surface area contributed by atoms with Gasteiger partial charge in [0.25, 0.3) is 0 Å². The summed E-state index contributed by atoms with van der Waals surface area (Å²) >= 11 is 0. The minimum absolute atomic E-state index is 0.0238. The summed E-state index contributed by atoms with van der Waals surface area (Å²) in [5.41, 5.74) is 7.81. The van der Waals surface area contributed by atoms with Crippen LogP contribution in [0.15, 0.2) is 18.2 Å². The summed E-state index contributed by atoms with van der Waals surface area (Å²) < 4.78 is 30.3. The van der Waals surface area contributed by atoms with E-state index in [1.54, 1.807) is 11.7 Å². The Morgan fingerprint density at radius 2 is 2.05 bits per heavy atom. The Kier molecular flexibility index (Phi) is 2.70. The molecular formula is C13H13F2N5. The Bertz CT molecular complexity index is 803. The maximum atomic E-state index is 14.0. The van der Waals surface area contributed by atoms with Gasteiger partial charge in [0.2, 0.25) is 5.95 Å². The highest BCUT2D eigenvalue weighted by Crippen LogP contribution is 2.27. The fourth-order valence-corrected chi connectivity index (χ4v) is 2.33. The molecule has 5 nitrogen and oxygen atoms in total. The minimum atomic E-state index is -0.573. The van der Waals surface area contributed by atoms with E-state index in [9.17, 15) is 8.78 Å². The van der Waals surface area contributed by atoms with E-state index in [1.165, 1.54) is 4.57 Å². The first-order valence-corrected chi connectivity index (χ1v) is 6.18. The number of imidazole rings is 1. The first-order chi connectivity index (χ1) is 9.52. The van der Waals surface area contributed by atoms with Gasteiger partial charge in [0, 0.05) is 13.1 Å². The van der Waals surface area contributed by atoms with Crippen LogP contribution in [0.5, 0.6) is 0 Å². The minimum Gasteiger partial charge on any atom is -0.369 e. The number of fused-ring (bicyclic) bond motifs is 1. The number of nitrogen functional groups attached to an aromatic ring is 1. The molecule has 0 saturated carbocycles. The third-order valence-electron chi connectivity index (χ3n) is 3.21. The van der Waals surface area contributed by atoms with E-state index in [1.807, 2.05) is 6.92 Å². The van der Waals surface area contributed by atoms with Crippen LogP contribution in [0, 0.1) is 11.6 Å². The van der Waals surface area contributed by atoms with Crippen molar-refractivity contribution in [1.82, 2.24) is 19.3 Å². The van der Waals surface area contributed by atoms with Gasteiger partial charge in [-0.2, -0.15) is 5.10 Å². The van der Waals surface area contributed by atoms with Gasteiger partial charge in [-0.1, -0.05) is 6.92 Å². The summed E-state index contributed by atoms with van der Waals surface area (Å²) in [5.74, 6) is -1.01. The van der Waals surface area contributed by atoms with Crippen LogP contribution in [0.4, 0.5) is 14.7 Å². The first-order valence-electron chi connectivity index (χ1n) is 6.18. The molecule has 0 fully saturated rings. The molecule has 0 atom stereocenters. The van der Waals surface area contributed by atoms with Gasteiger partial charge >= 0.3 is 0 Å². The molecule has 1 aromatic carbocycles. The van der Waals surface area contributed by atoms with E-state index >= 15 is 0 Å². The zero-order valence-corrected chi connectivity index (χ0v) is 11.1. The van der Waals surface area contributed by atoms with E-state index in [0.717, 1.165) is 23.9 Å². The number of nitrogens with zero attached hydrogens (tertiary/aromatic N) is 4. The molecule has 7 heteroatoms. The molecule has 0 bridgehead atoms. The van der Waals surface area contributed by atoms with Crippen molar-refractivity contribution in [3.05, 3.63) is 35.5 Å². The Balaban J connectivity index is 2.39. The summed E-state index contributed by atoms with van der Waals surface area (Å²) in [6.07, 6.45) is 0.680. The van der Waals surface area contributed by atoms with E-state index in [2.05, 4.69) is 10.1 Å². The van der Waals surface area contributed by atoms with E-state index in [4.69, 9.17) is 5.73 Å². The quantitative estimate of drug-likeness (QED) is 0.781. The number of anilines is 1. The third-order valence-corrected chi connectivity index (χ3v) is 3.21. The van der Waals surface area contributed by atoms with E-state index in [0.29, 0.717) is 17.6 Å². The Morgan fingerprint density at radius 1 is 1.30 bits per heavy atom. The summed E-state index contributed by atoms with van der Waals surface area (Å²) in [4.78, 5) is 4.22. The second-order valence-corrected chi connectivity index (χ2v) is 4.50. The fourth-order valence-electron chi connectivity index (χ4n) is 2.33. The predicted octanol–water partition coefficient (Wildman–Crippen LogP) is 2.18. The Hall–Kier alpha value is -2.44. The van der Waals surface area contributed by atoms with Crippen molar-refractivity contribution >= 4 is 17.1 Å². The van der Waals surface area contributed by atoms with Crippen molar-refractivity contribution in [2.24, 2.45) is 7.05 Å². The van der Waals surface area contributed by atoms with Crippen LogP contribution in [-0.4, -0.2) is 19.3 Å². The summed E-state index contributed by atoms with van der Waals surface area (Å²) in [5, 5.41) is 4.31. The predicted molar refractivity (Wildman–Crippen MR) is 71.5 cm³/mol. The van der Waals surface area contributed by atoms with Gasteiger partial charge in [-0.05, 0) is 18.6 Å². The SMILES string of the molecule is CCc1nn(C)c2c1nc(N)n2-c1cc(F)ccc1F. The average molecular weight is 277 g/mol.